The van der Waals surface area contributed by atoms with Gasteiger partial charge in [-0.2, -0.15) is 5.10 Å². The van der Waals surface area contributed by atoms with Gasteiger partial charge >= 0.3 is 0 Å². The first-order valence-electron chi connectivity index (χ1n) is 12.4. The zero-order valence-corrected chi connectivity index (χ0v) is 23.0. The predicted molar refractivity (Wildman–Crippen MR) is 149 cm³/mol. The molecule has 0 aliphatic heterocycles. The molecule has 0 aliphatic carbocycles. The van der Waals surface area contributed by atoms with Crippen molar-refractivity contribution in [3.63, 3.8) is 0 Å². The lowest BCUT2D eigenvalue weighted by atomic mass is 10.0. The van der Waals surface area contributed by atoms with Gasteiger partial charge in [-0.15, -0.1) is 0 Å². The highest BCUT2D eigenvalue weighted by Crippen LogP contribution is 2.27. The summed E-state index contributed by atoms with van der Waals surface area (Å²) in [5, 5.41) is 4.52. The Labute approximate surface area is 220 Å². The molecule has 0 radical (unpaired) electrons. The van der Waals surface area contributed by atoms with Crippen LogP contribution in [0.25, 0.3) is 11.1 Å². The van der Waals surface area contributed by atoms with E-state index in [0.717, 1.165) is 35.6 Å². The van der Waals surface area contributed by atoms with Gasteiger partial charge in [0.25, 0.3) is 10.0 Å². The van der Waals surface area contributed by atoms with E-state index in [2.05, 4.69) is 58.8 Å². The number of anilines is 1. The van der Waals surface area contributed by atoms with E-state index in [1.54, 1.807) is 23.0 Å². The van der Waals surface area contributed by atoms with Crippen LogP contribution in [0.1, 0.15) is 36.4 Å². The van der Waals surface area contributed by atoms with Crippen molar-refractivity contribution < 1.29 is 8.42 Å². The highest BCUT2D eigenvalue weighted by Gasteiger charge is 2.21. The third-order valence-electron chi connectivity index (χ3n) is 6.30. The number of aryl methyl sites for hydroxylation is 1. The van der Waals surface area contributed by atoms with E-state index in [9.17, 15) is 8.42 Å². The second-order valence-corrected chi connectivity index (χ2v) is 11.7. The van der Waals surface area contributed by atoms with Crippen molar-refractivity contribution in [2.45, 2.75) is 45.2 Å². The first-order chi connectivity index (χ1) is 17.6. The van der Waals surface area contributed by atoms with Gasteiger partial charge in [-0.1, -0.05) is 50.2 Å². The minimum Gasteiger partial charge on any atom is -0.298 e. The van der Waals surface area contributed by atoms with Crippen LogP contribution in [-0.4, -0.2) is 35.1 Å². The quantitative estimate of drug-likeness (QED) is 0.304. The summed E-state index contributed by atoms with van der Waals surface area (Å²) in [4.78, 5) is 6.65. The Kier molecular flexibility index (Phi) is 8.10. The molecule has 194 valence electrons. The SMILES string of the molecule is Cc1c(NS(=O)(=O)c2ccc(-c3cccc(CN(C)Cc4cccnc4)c3)cc2)c(CC(C)C)nn1C. The summed E-state index contributed by atoms with van der Waals surface area (Å²) < 4.78 is 30.9. The van der Waals surface area contributed by atoms with Crippen LogP contribution < -0.4 is 4.72 Å². The maximum atomic E-state index is 13.2. The molecule has 7 nitrogen and oxygen atoms in total. The number of rotatable bonds is 10. The lowest BCUT2D eigenvalue weighted by molar-refractivity contribution is 0.319. The Morgan fingerprint density at radius 1 is 0.973 bits per heavy atom. The smallest absolute Gasteiger partial charge is 0.262 e. The van der Waals surface area contributed by atoms with Crippen LogP contribution in [-0.2, 0) is 36.6 Å². The molecule has 2 heterocycles. The van der Waals surface area contributed by atoms with E-state index >= 15 is 0 Å². The highest BCUT2D eigenvalue weighted by atomic mass is 32.2. The van der Waals surface area contributed by atoms with Crippen LogP contribution >= 0.6 is 0 Å². The summed E-state index contributed by atoms with van der Waals surface area (Å²) in [7, 11) is 0.167. The number of sulfonamides is 1. The number of pyridine rings is 1. The fraction of sp³-hybridized carbons (Fsp3) is 0.310. The predicted octanol–water partition coefficient (Wildman–Crippen LogP) is 5.42. The maximum absolute atomic E-state index is 13.2. The molecule has 0 atom stereocenters. The third-order valence-corrected chi connectivity index (χ3v) is 7.66. The number of nitrogens with zero attached hydrogens (tertiary/aromatic N) is 4. The molecule has 0 fully saturated rings. The Balaban J connectivity index is 1.49. The molecule has 0 saturated carbocycles. The van der Waals surface area contributed by atoms with Gasteiger partial charge in [0.1, 0.15) is 0 Å². The molecule has 0 saturated heterocycles. The molecule has 1 N–H and O–H groups in total. The standard InChI is InChI=1S/C29H35N5O2S/c1-21(2)16-28-29(22(3)34(5)31-28)32-37(35,36)27-13-11-25(12-14-27)26-10-6-8-23(17-26)19-33(4)20-24-9-7-15-30-18-24/h6-15,17-18,21,32H,16,19-20H2,1-5H3. The van der Waals surface area contributed by atoms with Gasteiger partial charge in [-0.05, 0) is 72.8 Å². The number of aromatic nitrogens is 3. The van der Waals surface area contributed by atoms with Crippen LogP contribution in [0.3, 0.4) is 0 Å². The Hall–Kier alpha value is -3.49. The van der Waals surface area contributed by atoms with Gasteiger partial charge in [0.05, 0.1) is 22.0 Å². The first-order valence-corrected chi connectivity index (χ1v) is 13.9. The fourth-order valence-electron chi connectivity index (χ4n) is 4.38. The Morgan fingerprint density at radius 3 is 2.35 bits per heavy atom. The molecule has 4 rings (SSSR count). The molecule has 2 aromatic carbocycles. The van der Waals surface area contributed by atoms with Gasteiger partial charge in [-0.25, -0.2) is 8.42 Å². The summed E-state index contributed by atoms with van der Waals surface area (Å²) >= 11 is 0. The molecule has 8 heteroatoms. The van der Waals surface area contributed by atoms with Crippen molar-refractivity contribution in [2.75, 3.05) is 11.8 Å². The maximum Gasteiger partial charge on any atom is 0.262 e. The number of benzene rings is 2. The van der Waals surface area contributed by atoms with Crippen LogP contribution in [0.2, 0.25) is 0 Å². The zero-order chi connectivity index (χ0) is 26.6. The zero-order valence-electron chi connectivity index (χ0n) is 22.1. The summed E-state index contributed by atoms with van der Waals surface area (Å²) in [5.74, 6) is 0.364. The van der Waals surface area contributed by atoms with E-state index in [1.165, 1.54) is 11.1 Å². The van der Waals surface area contributed by atoms with Crippen LogP contribution in [0.5, 0.6) is 0 Å². The summed E-state index contributed by atoms with van der Waals surface area (Å²) in [6, 6.07) is 19.4. The van der Waals surface area contributed by atoms with Crippen molar-refractivity contribution in [1.29, 1.82) is 0 Å². The minimum absolute atomic E-state index is 0.224. The van der Waals surface area contributed by atoms with Crippen LogP contribution in [0.4, 0.5) is 5.69 Å². The molecule has 37 heavy (non-hydrogen) atoms. The number of nitrogens with one attached hydrogen (secondary N) is 1. The van der Waals surface area contributed by atoms with Gasteiger partial charge in [0.15, 0.2) is 0 Å². The molecule has 2 aromatic heterocycles. The average Bonchev–Trinajstić information content (AvgIpc) is 3.11. The van der Waals surface area contributed by atoms with Gasteiger partial charge in [0.2, 0.25) is 0 Å². The molecule has 0 bridgehead atoms. The normalized spacial score (nSPS) is 11.9. The summed E-state index contributed by atoms with van der Waals surface area (Å²) in [6.07, 6.45) is 4.37. The molecule has 0 unspecified atom stereocenters. The van der Waals surface area contributed by atoms with Crippen molar-refractivity contribution in [2.24, 2.45) is 13.0 Å². The fourth-order valence-corrected chi connectivity index (χ4v) is 5.53. The van der Waals surface area contributed by atoms with Crippen molar-refractivity contribution >= 4 is 15.7 Å². The highest BCUT2D eigenvalue weighted by molar-refractivity contribution is 7.92. The van der Waals surface area contributed by atoms with E-state index < -0.39 is 10.0 Å². The average molecular weight is 518 g/mol. The first kappa shape index (κ1) is 26.6. The Bertz CT molecular complexity index is 1450. The molecular formula is C29H35N5O2S. The summed E-state index contributed by atoms with van der Waals surface area (Å²) in [5.41, 5.74) is 6.50. The summed E-state index contributed by atoms with van der Waals surface area (Å²) in [6.45, 7) is 7.66. The van der Waals surface area contributed by atoms with E-state index in [4.69, 9.17) is 0 Å². The van der Waals surface area contributed by atoms with Crippen molar-refractivity contribution in [3.05, 3.63) is 95.6 Å². The lowest BCUT2D eigenvalue weighted by Crippen LogP contribution is -2.17. The number of hydrogen-bond acceptors (Lipinski definition) is 5. The van der Waals surface area contributed by atoms with E-state index in [0.29, 0.717) is 18.0 Å². The van der Waals surface area contributed by atoms with E-state index in [1.807, 2.05) is 50.5 Å². The minimum atomic E-state index is -3.75. The van der Waals surface area contributed by atoms with E-state index in [-0.39, 0.29) is 4.90 Å². The van der Waals surface area contributed by atoms with Crippen molar-refractivity contribution in [3.8, 4) is 11.1 Å². The van der Waals surface area contributed by atoms with Gasteiger partial charge in [0, 0.05) is 32.5 Å². The lowest BCUT2D eigenvalue weighted by Gasteiger charge is -2.17. The second kappa shape index (κ2) is 11.3. The molecule has 0 spiro atoms. The molecular weight excluding hydrogens is 482 g/mol. The molecule has 4 aromatic rings. The Morgan fingerprint density at radius 2 is 1.68 bits per heavy atom. The second-order valence-electron chi connectivity index (χ2n) is 9.99. The van der Waals surface area contributed by atoms with Crippen LogP contribution in [0.15, 0.2) is 78.0 Å². The monoisotopic (exact) mass is 517 g/mol. The number of hydrogen-bond donors (Lipinski definition) is 1. The largest absolute Gasteiger partial charge is 0.298 e. The third kappa shape index (κ3) is 6.64. The molecule has 0 aliphatic rings. The van der Waals surface area contributed by atoms with Gasteiger partial charge < -0.3 is 0 Å². The molecule has 0 amide bonds. The van der Waals surface area contributed by atoms with Crippen molar-refractivity contribution in [1.82, 2.24) is 19.7 Å². The van der Waals surface area contributed by atoms with Gasteiger partial charge in [-0.3, -0.25) is 19.3 Å². The topological polar surface area (TPSA) is 80.1 Å². The van der Waals surface area contributed by atoms with Crippen LogP contribution in [0, 0.1) is 12.8 Å².